The van der Waals surface area contributed by atoms with Crippen LogP contribution in [0.25, 0.3) is 11.4 Å². The van der Waals surface area contributed by atoms with Crippen LogP contribution < -0.4 is 0 Å². The van der Waals surface area contributed by atoms with Gasteiger partial charge in [0.1, 0.15) is 11.5 Å². The molecule has 1 aliphatic rings. The number of nitrogens with zero attached hydrogens (tertiary/aromatic N) is 4. The Kier molecular flexibility index (Phi) is 4.03. The average molecular weight is 376 g/mol. The van der Waals surface area contributed by atoms with Crippen molar-refractivity contribution in [2.75, 3.05) is 13.1 Å². The molecule has 0 saturated carbocycles. The van der Waals surface area contributed by atoms with Gasteiger partial charge in [-0.15, -0.1) is 11.3 Å². The molecule has 4 rings (SSSR count). The summed E-state index contributed by atoms with van der Waals surface area (Å²) < 4.78 is 33.4. The van der Waals surface area contributed by atoms with Crippen molar-refractivity contribution in [3.8, 4) is 11.4 Å². The van der Waals surface area contributed by atoms with Gasteiger partial charge in [-0.05, 0) is 31.2 Å². The van der Waals surface area contributed by atoms with Gasteiger partial charge < -0.3 is 9.42 Å². The van der Waals surface area contributed by atoms with E-state index in [1.807, 2.05) is 0 Å². The summed E-state index contributed by atoms with van der Waals surface area (Å²) in [5, 5.41) is 6.21. The number of halogens is 2. The standard InChI is InChI=1S/C17H14F2N4O2S/c1-10-20-13(8-26-10)15(24)23-7-6-17(19,9-23)16-21-14(22-25-16)11-2-4-12(18)5-3-11/h2-5,8H,6-7,9H2,1H3. The van der Waals surface area contributed by atoms with Crippen molar-refractivity contribution in [3.05, 3.63) is 52.1 Å². The maximum Gasteiger partial charge on any atom is 0.273 e. The molecule has 6 nitrogen and oxygen atoms in total. The van der Waals surface area contributed by atoms with Gasteiger partial charge >= 0.3 is 0 Å². The first kappa shape index (κ1) is 16.8. The molecule has 1 atom stereocenters. The van der Waals surface area contributed by atoms with Crippen molar-refractivity contribution in [2.24, 2.45) is 0 Å². The van der Waals surface area contributed by atoms with Gasteiger partial charge in [0.25, 0.3) is 11.8 Å². The highest BCUT2D eigenvalue weighted by Gasteiger charge is 2.46. The Morgan fingerprint density at radius 3 is 2.77 bits per heavy atom. The van der Waals surface area contributed by atoms with E-state index >= 15 is 4.39 Å². The minimum Gasteiger partial charge on any atom is -0.335 e. The second-order valence-corrected chi connectivity index (χ2v) is 7.19. The summed E-state index contributed by atoms with van der Waals surface area (Å²) in [5.41, 5.74) is -1.07. The summed E-state index contributed by atoms with van der Waals surface area (Å²) in [7, 11) is 0. The predicted molar refractivity (Wildman–Crippen MR) is 89.8 cm³/mol. The molecule has 26 heavy (non-hydrogen) atoms. The van der Waals surface area contributed by atoms with E-state index in [-0.39, 0.29) is 42.9 Å². The van der Waals surface area contributed by atoms with Crippen LogP contribution in [-0.4, -0.2) is 39.0 Å². The Morgan fingerprint density at radius 1 is 1.31 bits per heavy atom. The van der Waals surface area contributed by atoms with Crippen LogP contribution in [0.4, 0.5) is 8.78 Å². The second-order valence-electron chi connectivity index (χ2n) is 6.12. The van der Waals surface area contributed by atoms with Crippen LogP contribution in [-0.2, 0) is 5.67 Å². The number of alkyl halides is 1. The number of carbonyl (C=O) groups excluding carboxylic acids is 1. The molecule has 1 aromatic carbocycles. The number of benzene rings is 1. The lowest BCUT2D eigenvalue weighted by Crippen LogP contribution is -2.32. The fourth-order valence-electron chi connectivity index (χ4n) is 2.87. The van der Waals surface area contributed by atoms with Gasteiger partial charge in [0, 0.05) is 23.9 Å². The van der Waals surface area contributed by atoms with Crippen molar-refractivity contribution in [2.45, 2.75) is 19.0 Å². The van der Waals surface area contributed by atoms with Crippen molar-refractivity contribution in [3.63, 3.8) is 0 Å². The van der Waals surface area contributed by atoms with E-state index in [1.54, 1.807) is 12.3 Å². The van der Waals surface area contributed by atoms with Crippen molar-refractivity contribution in [1.82, 2.24) is 20.0 Å². The highest BCUT2D eigenvalue weighted by atomic mass is 32.1. The van der Waals surface area contributed by atoms with Crippen LogP contribution >= 0.6 is 11.3 Å². The first-order valence-corrected chi connectivity index (χ1v) is 8.83. The van der Waals surface area contributed by atoms with E-state index in [1.165, 1.54) is 40.5 Å². The predicted octanol–water partition coefficient (Wildman–Crippen LogP) is 3.35. The molecule has 3 heterocycles. The average Bonchev–Trinajstić information content (AvgIpc) is 3.35. The minimum atomic E-state index is -1.91. The fraction of sp³-hybridized carbons (Fsp3) is 0.294. The van der Waals surface area contributed by atoms with Crippen LogP contribution in [0.3, 0.4) is 0 Å². The second kappa shape index (κ2) is 6.24. The number of likely N-dealkylation sites (tertiary alicyclic amines) is 1. The molecule has 1 aliphatic heterocycles. The molecule has 1 amide bonds. The zero-order valence-corrected chi connectivity index (χ0v) is 14.6. The minimum absolute atomic E-state index is 0.0624. The molecule has 9 heteroatoms. The molecule has 1 unspecified atom stereocenters. The lowest BCUT2D eigenvalue weighted by Gasteiger charge is -2.17. The van der Waals surface area contributed by atoms with E-state index in [0.29, 0.717) is 11.3 Å². The zero-order chi connectivity index (χ0) is 18.3. The maximum atomic E-state index is 15.3. The molecule has 0 N–H and O–H groups in total. The third-order valence-electron chi connectivity index (χ3n) is 4.26. The van der Waals surface area contributed by atoms with Crippen molar-refractivity contribution < 1.29 is 18.1 Å². The SMILES string of the molecule is Cc1nc(C(=O)N2CCC(F)(c3nc(-c4ccc(F)cc4)no3)C2)cs1. The molecular formula is C17H14F2N4O2S. The van der Waals surface area contributed by atoms with Crippen molar-refractivity contribution in [1.29, 1.82) is 0 Å². The van der Waals surface area contributed by atoms with E-state index in [4.69, 9.17) is 4.52 Å². The number of thiazole rings is 1. The molecule has 1 saturated heterocycles. The third kappa shape index (κ3) is 2.98. The number of aryl methyl sites for hydroxylation is 1. The van der Waals surface area contributed by atoms with Gasteiger partial charge in [0.2, 0.25) is 11.5 Å². The number of amides is 1. The number of rotatable bonds is 3. The summed E-state index contributed by atoms with van der Waals surface area (Å²) in [6.07, 6.45) is 0.0624. The molecule has 1 fully saturated rings. The molecule has 0 bridgehead atoms. The molecule has 0 radical (unpaired) electrons. The van der Waals surface area contributed by atoms with E-state index < -0.39 is 5.67 Å². The van der Waals surface area contributed by atoms with Gasteiger partial charge in [-0.25, -0.2) is 13.8 Å². The highest BCUT2D eigenvalue weighted by Crippen LogP contribution is 2.36. The molecular weight excluding hydrogens is 362 g/mol. The molecule has 2 aromatic heterocycles. The molecule has 0 spiro atoms. The number of hydrogen-bond donors (Lipinski definition) is 0. The largest absolute Gasteiger partial charge is 0.335 e. The molecule has 134 valence electrons. The van der Waals surface area contributed by atoms with E-state index in [2.05, 4.69) is 15.1 Å². The summed E-state index contributed by atoms with van der Waals surface area (Å²) in [6, 6.07) is 5.51. The van der Waals surface area contributed by atoms with Crippen LogP contribution in [0.5, 0.6) is 0 Å². The van der Waals surface area contributed by atoms with Crippen LogP contribution in [0.1, 0.15) is 27.8 Å². The van der Waals surface area contributed by atoms with E-state index in [0.717, 1.165) is 5.01 Å². The number of aromatic nitrogens is 3. The first-order valence-electron chi connectivity index (χ1n) is 7.95. The van der Waals surface area contributed by atoms with Crippen LogP contribution in [0.2, 0.25) is 0 Å². The Balaban J connectivity index is 1.53. The zero-order valence-electron chi connectivity index (χ0n) is 13.8. The fourth-order valence-corrected chi connectivity index (χ4v) is 3.45. The van der Waals surface area contributed by atoms with Gasteiger partial charge in [0.15, 0.2) is 0 Å². The maximum absolute atomic E-state index is 15.3. The smallest absolute Gasteiger partial charge is 0.273 e. The third-order valence-corrected chi connectivity index (χ3v) is 5.03. The Hall–Kier alpha value is -2.68. The Morgan fingerprint density at radius 2 is 2.08 bits per heavy atom. The number of hydrogen-bond acceptors (Lipinski definition) is 6. The topological polar surface area (TPSA) is 72.1 Å². The summed E-state index contributed by atoms with van der Waals surface area (Å²) in [6.45, 7) is 1.87. The quantitative estimate of drug-likeness (QED) is 0.701. The van der Waals surface area contributed by atoms with E-state index in [9.17, 15) is 9.18 Å². The Bertz CT molecular complexity index is 956. The summed E-state index contributed by atoms with van der Waals surface area (Å²) in [4.78, 5) is 22.1. The first-order chi connectivity index (χ1) is 12.4. The van der Waals surface area contributed by atoms with Gasteiger partial charge in [-0.1, -0.05) is 5.16 Å². The number of carbonyl (C=O) groups is 1. The van der Waals surface area contributed by atoms with Gasteiger partial charge in [0.05, 0.1) is 11.6 Å². The lowest BCUT2D eigenvalue weighted by molar-refractivity contribution is 0.0712. The monoisotopic (exact) mass is 376 g/mol. The van der Waals surface area contributed by atoms with Crippen LogP contribution in [0, 0.1) is 12.7 Å². The summed E-state index contributed by atoms with van der Waals surface area (Å²) in [5.74, 6) is -0.702. The van der Waals surface area contributed by atoms with Crippen molar-refractivity contribution >= 4 is 17.2 Å². The Labute approximate surface area is 151 Å². The lowest BCUT2D eigenvalue weighted by atomic mass is 10.1. The molecule has 3 aromatic rings. The van der Waals surface area contributed by atoms with Gasteiger partial charge in [-0.2, -0.15) is 4.98 Å². The van der Waals surface area contributed by atoms with Crippen LogP contribution in [0.15, 0.2) is 34.2 Å². The normalized spacial score (nSPS) is 19.9. The van der Waals surface area contributed by atoms with Gasteiger partial charge in [-0.3, -0.25) is 4.79 Å². The summed E-state index contributed by atoms with van der Waals surface area (Å²) >= 11 is 1.37. The highest BCUT2D eigenvalue weighted by molar-refractivity contribution is 7.09. The molecule has 0 aliphatic carbocycles.